The highest BCUT2D eigenvalue weighted by molar-refractivity contribution is 8.76. The van der Waals surface area contributed by atoms with Gasteiger partial charge in [-0.1, -0.05) is 127 Å². The number of esters is 1. The third-order valence-electron chi connectivity index (χ3n) is 23.2. The third-order valence-corrected chi connectivity index (χ3v) is 25.8. The van der Waals surface area contributed by atoms with Crippen molar-refractivity contribution < 1.29 is 48.9 Å². The van der Waals surface area contributed by atoms with Crippen LogP contribution >= 0.6 is 21.6 Å². The molecular formula is C76H88N4O10S2. The Hall–Kier alpha value is -6.05. The summed E-state index contributed by atoms with van der Waals surface area (Å²) in [5, 5.41) is 59.4. The minimum Gasteiger partial charge on any atom is -0.508 e. The Labute approximate surface area is 549 Å². The summed E-state index contributed by atoms with van der Waals surface area (Å²) in [4.78, 5) is 13.5. The zero-order valence-electron chi connectivity index (χ0n) is 53.3. The predicted octanol–water partition coefficient (Wildman–Crippen LogP) is 11.4. The Morgan fingerprint density at radius 3 is 2.63 bits per heavy atom. The Balaban J connectivity index is 1.08. The molecule has 15 rings (SSSR count). The number of nitrogens with one attached hydrogen (secondary N) is 3. The van der Waals surface area contributed by atoms with Crippen LogP contribution in [0.2, 0.25) is 0 Å². The summed E-state index contributed by atoms with van der Waals surface area (Å²) in [5.74, 6) is 17.0. The van der Waals surface area contributed by atoms with Crippen molar-refractivity contribution in [1.82, 2.24) is 16.0 Å². The van der Waals surface area contributed by atoms with E-state index >= 15 is 0 Å². The Kier molecular flexibility index (Phi) is 17.3. The van der Waals surface area contributed by atoms with Gasteiger partial charge in [-0.15, -0.1) is 0 Å². The average molecular weight is 1280 g/mol. The molecule has 5 aliphatic carbocycles. The molecule has 9 N–H and O–H groups in total. The van der Waals surface area contributed by atoms with Gasteiger partial charge in [0.25, 0.3) is 0 Å². The van der Waals surface area contributed by atoms with Gasteiger partial charge in [0.05, 0.1) is 30.4 Å². The Morgan fingerprint density at radius 2 is 1.80 bits per heavy atom. The molecule has 0 radical (unpaired) electrons. The number of ether oxygens (including phenoxy) is 5. The topological polar surface area (TPSA) is 206 Å². The van der Waals surface area contributed by atoms with Crippen molar-refractivity contribution in [2.45, 2.75) is 170 Å². The normalized spacial score (nSPS) is 31.9. The quantitative estimate of drug-likeness (QED) is 0.0357. The van der Waals surface area contributed by atoms with Gasteiger partial charge < -0.3 is 65.8 Å². The number of phenols is 2. The molecule has 2 spiro atoms. The van der Waals surface area contributed by atoms with E-state index in [1.165, 1.54) is 30.0 Å². The van der Waals surface area contributed by atoms with E-state index in [0.717, 1.165) is 133 Å². The van der Waals surface area contributed by atoms with Gasteiger partial charge in [0.2, 0.25) is 0 Å². The van der Waals surface area contributed by atoms with Crippen LogP contribution in [-0.4, -0.2) is 103 Å². The Morgan fingerprint density at radius 1 is 0.935 bits per heavy atom. The number of methoxy groups -OCH3 is 1. The second kappa shape index (κ2) is 25.6. The summed E-state index contributed by atoms with van der Waals surface area (Å²) in [6, 6.07) is 17.3. The zero-order chi connectivity index (χ0) is 63.0. The first kappa shape index (κ1) is 62.1. The molecule has 16 heteroatoms. The molecule has 0 amide bonds. The van der Waals surface area contributed by atoms with E-state index in [1.54, 1.807) is 13.2 Å². The second-order valence-electron chi connectivity index (χ2n) is 28.4. The van der Waals surface area contributed by atoms with Crippen molar-refractivity contribution >= 4 is 33.6 Å². The fraction of sp³-hybridized carbons (Fsp3) is 0.539. The van der Waals surface area contributed by atoms with E-state index in [4.69, 9.17) is 29.4 Å². The highest BCUT2D eigenvalue weighted by Gasteiger charge is 2.57. The molecule has 4 aromatic carbocycles. The van der Waals surface area contributed by atoms with Crippen LogP contribution in [0.1, 0.15) is 165 Å². The molecule has 4 fully saturated rings. The molecular weight excluding hydrogens is 1190 g/mol. The van der Waals surface area contributed by atoms with E-state index in [-0.39, 0.29) is 78.4 Å². The molecule has 0 aromatic heterocycles. The maximum absolute atomic E-state index is 13.7. The number of allylic oxidation sites excluding steroid dienone is 3. The van der Waals surface area contributed by atoms with Gasteiger partial charge in [-0.3, -0.25) is 4.79 Å². The summed E-state index contributed by atoms with van der Waals surface area (Å²) in [6.07, 6.45) is 19.3. The van der Waals surface area contributed by atoms with Crippen molar-refractivity contribution in [1.29, 1.82) is 0 Å². The van der Waals surface area contributed by atoms with Crippen molar-refractivity contribution in [2.24, 2.45) is 41.2 Å². The van der Waals surface area contributed by atoms with Gasteiger partial charge in [0, 0.05) is 119 Å². The number of aromatic hydroxyl groups is 2. The van der Waals surface area contributed by atoms with Gasteiger partial charge in [0.1, 0.15) is 42.0 Å². The number of aliphatic hydroxyl groups is 2. The van der Waals surface area contributed by atoms with Crippen LogP contribution in [0.5, 0.6) is 28.7 Å². The third kappa shape index (κ3) is 10.9. The number of dihydropyridines is 1. The lowest BCUT2D eigenvalue weighted by atomic mass is 9.55. The molecule has 14 unspecified atom stereocenters. The molecule has 4 aromatic rings. The Bertz CT molecular complexity index is 3800. The van der Waals surface area contributed by atoms with Crippen molar-refractivity contribution in [2.75, 3.05) is 51.8 Å². The first-order valence-corrected chi connectivity index (χ1v) is 36.6. The van der Waals surface area contributed by atoms with Crippen molar-refractivity contribution in [3.63, 3.8) is 0 Å². The van der Waals surface area contributed by atoms with E-state index < -0.39 is 42.3 Å². The number of hydrogen-bond acceptors (Lipinski definition) is 16. The van der Waals surface area contributed by atoms with Crippen LogP contribution in [0.3, 0.4) is 0 Å². The zero-order valence-corrected chi connectivity index (χ0v) is 54.9. The summed E-state index contributed by atoms with van der Waals surface area (Å²) in [5.41, 5.74) is 19.3. The van der Waals surface area contributed by atoms with Crippen LogP contribution < -0.4 is 35.9 Å². The summed E-state index contributed by atoms with van der Waals surface area (Å²) in [6.45, 7) is 3.84. The van der Waals surface area contributed by atoms with Gasteiger partial charge in [-0.25, -0.2) is 0 Å². The van der Waals surface area contributed by atoms with Crippen LogP contribution in [0, 0.1) is 59.2 Å². The lowest BCUT2D eigenvalue weighted by molar-refractivity contribution is -0.141. The van der Waals surface area contributed by atoms with E-state index in [0.29, 0.717) is 71.9 Å². The number of phenolic OH excluding ortho intramolecular Hbond substituents is 2. The fourth-order valence-corrected chi connectivity index (χ4v) is 21.8. The predicted molar refractivity (Wildman–Crippen MR) is 360 cm³/mol. The highest BCUT2D eigenvalue weighted by Crippen LogP contribution is 2.66. The van der Waals surface area contributed by atoms with Crippen LogP contribution in [-0.2, 0) is 44.5 Å². The van der Waals surface area contributed by atoms with Crippen LogP contribution in [0.4, 0.5) is 0 Å². The second-order valence-corrected chi connectivity index (χ2v) is 30.9. The SMILES string of the molecule is CCC1=CC2=C(C#CC3C#CC4Cc5cccc(c5)C5(CCCCC5)C2C2CCC5(Cc6cc(O)cc(OCO)c6-c6ccc7c(c65)OC(c5c6c(c(O)c(c53)CNCC(CO)C4COC)OC3CSSCC4CCCC(C4)NC3C=C6)C7COC(C)=O)C2)NC1N. The number of nitrogens with two attached hydrogens (primary N) is 1. The lowest BCUT2D eigenvalue weighted by Crippen LogP contribution is -2.49. The summed E-state index contributed by atoms with van der Waals surface area (Å²) < 4.78 is 34.2. The molecule has 14 nitrogen and oxygen atoms in total. The van der Waals surface area contributed by atoms with E-state index in [1.807, 2.05) is 27.7 Å². The smallest absolute Gasteiger partial charge is 0.302 e. The molecule has 1 saturated heterocycles. The van der Waals surface area contributed by atoms with Gasteiger partial charge >= 0.3 is 5.97 Å². The molecule has 11 bridgehead atoms. The number of hydrogen-bond donors (Lipinski definition) is 8. The van der Waals surface area contributed by atoms with Crippen LogP contribution in [0.15, 0.2) is 77.5 Å². The maximum Gasteiger partial charge on any atom is 0.302 e. The monoisotopic (exact) mass is 1280 g/mol. The van der Waals surface area contributed by atoms with Gasteiger partial charge in [-0.05, 0) is 139 Å². The van der Waals surface area contributed by atoms with Crippen LogP contribution in [0.25, 0.3) is 17.2 Å². The molecule has 6 aliphatic heterocycles. The largest absolute Gasteiger partial charge is 0.508 e. The standard InChI is InChI=1S/C76H88N4O10S2/c1-4-45-30-57-61(80-74(45)77)20-16-46-14-15-47-26-43-10-8-12-51(27-43)76(23-6-5-7-24-76)68(57)48-22-25-75(32-48)33-49-29-53(84)31-63(88-41-82)65(49)55-18-17-54-60(38-87-42(2)83)71(90-72(54)69(55)75)67-56-19-21-62-64(40-92-91-39-44-11-9-13-52(28-44)79-62)89-73(56)70(85)58(66(46)67)35-78-34-50(36-81)59(47)37-86-3/h8,10,12,17-19,21,27,29-31,44,46-48,50,52,59-60,62,64,68,71,74,78-82,84-85H,4-7,9,11,13,22-26,28,32-41,77H2,1-3H3. The number of rotatable bonds is 8. The van der Waals surface area contributed by atoms with Crippen molar-refractivity contribution in [3.8, 4) is 63.6 Å². The fourth-order valence-electron chi connectivity index (χ4n) is 19.2. The lowest BCUT2D eigenvalue weighted by Gasteiger charge is -2.49. The molecule has 3 saturated carbocycles. The minimum atomic E-state index is -0.878. The number of benzene rings is 4. The molecule has 11 aliphatic rings. The number of aliphatic hydroxyl groups excluding tert-OH is 2. The summed E-state index contributed by atoms with van der Waals surface area (Å²) >= 11 is 0. The van der Waals surface area contributed by atoms with Gasteiger partial charge in [-0.2, -0.15) is 0 Å². The van der Waals surface area contributed by atoms with Crippen molar-refractivity contribution in [3.05, 3.63) is 128 Å². The van der Waals surface area contributed by atoms with Gasteiger partial charge in [0.15, 0.2) is 18.3 Å². The highest BCUT2D eigenvalue weighted by atomic mass is 33.1. The van der Waals surface area contributed by atoms with E-state index in [2.05, 4.69) is 101 Å². The molecule has 92 heavy (non-hydrogen) atoms. The maximum atomic E-state index is 13.7. The first-order chi connectivity index (χ1) is 44.9. The van der Waals surface area contributed by atoms with E-state index in [9.17, 15) is 25.2 Å². The summed E-state index contributed by atoms with van der Waals surface area (Å²) in [7, 11) is 5.48. The minimum absolute atomic E-state index is 0.00365. The number of fused-ring (bicyclic) bond motifs is 16. The molecule has 484 valence electrons. The first-order valence-electron chi connectivity index (χ1n) is 34.1. The number of carbonyl (C=O) groups excluding carboxylic acids is 1. The molecule has 6 heterocycles. The average Bonchev–Trinajstić information content (AvgIpc) is 1.47. The molecule has 14 atom stereocenters. The number of carbonyl (C=O) groups is 1.